The lowest BCUT2D eigenvalue weighted by molar-refractivity contribution is -0.138. The van der Waals surface area contributed by atoms with E-state index < -0.39 is 5.54 Å². The summed E-state index contributed by atoms with van der Waals surface area (Å²) in [6, 6.07) is 0. The van der Waals surface area contributed by atoms with Gasteiger partial charge in [-0.05, 0) is 32.1 Å². The Hall–Kier alpha value is -1.14. The van der Waals surface area contributed by atoms with E-state index in [1.165, 1.54) is 0 Å². The standard InChI is InChI=1S/C15H26N4O2.ClH/c1-4-7-15(3,16)14(20)19-8-5-6-12(10-19)9-13-17-11(2)21-18-13;/h12H,4-10,16H2,1-3H3;1H. The van der Waals surface area contributed by atoms with Gasteiger partial charge in [-0.3, -0.25) is 4.79 Å². The number of aryl methyl sites for hydroxylation is 1. The van der Waals surface area contributed by atoms with E-state index in [4.69, 9.17) is 10.3 Å². The minimum atomic E-state index is -0.751. The summed E-state index contributed by atoms with van der Waals surface area (Å²) in [7, 11) is 0. The Morgan fingerprint density at radius 2 is 2.27 bits per heavy atom. The highest BCUT2D eigenvalue weighted by atomic mass is 35.5. The van der Waals surface area contributed by atoms with Crippen molar-refractivity contribution in [3.63, 3.8) is 0 Å². The zero-order chi connectivity index (χ0) is 15.5. The van der Waals surface area contributed by atoms with E-state index in [1.807, 2.05) is 11.8 Å². The predicted molar refractivity (Wildman–Crippen MR) is 86.8 cm³/mol. The third-order valence-corrected chi connectivity index (χ3v) is 4.10. The molecule has 2 N–H and O–H groups in total. The largest absolute Gasteiger partial charge is 0.341 e. The normalized spacial score (nSPS) is 21.1. The molecule has 0 spiro atoms. The number of rotatable bonds is 5. The van der Waals surface area contributed by atoms with Gasteiger partial charge in [0, 0.05) is 26.4 Å². The number of carbonyl (C=O) groups excluding carboxylic acids is 1. The number of halogens is 1. The number of hydrogen-bond donors (Lipinski definition) is 1. The Morgan fingerprint density at radius 3 is 2.86 bits per heavy atom. The molecule has 0 aromatic carbocycles. The van der Waals surface area contributed by atoms with Crippen LogP contribution in [-0.2, 0) is 11.2 Å². The molecule has 22 heavy (non-hydrogen) atoms. The molecular weight excluding hydrogens is 304 g/mol. The van der Waals surface area contributed by atoms with Crippen LogP contribution in [0.4, 0.5) is 0 Å². The van der Waals surface area contributed by atoms with E-state index in [0.717, 1.165) is 51.0 Å². The van der Waals surface area contributed by atoms with Crippen molar-refractivity contribution in [3.8, 4) is 0 Å². The lowest BCUT2D eigenvalue weighted by Gasteiger charge is -2.37. The Kier molecular flexibility index (Phi) is 6.81. The van der Waals surface area contributed by atoms with Crippen LogP contribution in [0.15, 0.2) is 4.52 Å². The number of nitrogens with zero attached hydrogens (tertiary/aromatic N) is 3. The van der Waals surface area contributed by atoms with Gasteiger partial charge in [0.25, 0.3) is 0 Å². The van der Waals surface area contributed by atoms with Gasteiger partial charge in [0.1, 0.15) is 0 Å². The van der Waals surface area contributed by atoms with Gasteiger partial charge >= 0.3 is 0 Å². The number of likely N-dealkylation sites (tertiary alicyclic amines) is 1. The maximum absolute atomic E-state index is 12.6. The maximum Gasteiger partial charge on any atom is 0.242 e. The summed E-state index contributed by atoms with van der Waals surface area (Å²) in [5.41, 5.74) is 5.42. The van der Waals surface area contributed by atoms with Crippen molar-refractivity contribution in [2.75, 3.05) is 13.1 Å². The number of hydrogen-bond acceptors (Lipinski definition) is 5. The summed E-state index contributed by atoms with van der Waals surface area (Å²) in [6.45, 7) is 7.22. The zero-order valence-corrected chi connectivity index (χ0v) is 14.5. The second-order valence-electron chi connectivity index (χ2n) is 6.36. The van der Waals surface area contributed by atoms with Crippen LogP contribution in [-0.4, -0.2) is 39.6 Å². The number of amides is 1. The van der Waals surface area contributed by atoms with E-state index in [1.54, 1.807) is 6.92 Å². The van der Waals surface area contributed by atoms with Crippen molar-refractivity contribution in [1.82, 2.24) is 15.0 Å². The summed E-state index contributed by atoms with van der Waals surface area (Å²) in [5.74, 6) is 1.78. The minimum Gasteiger partial charge on any atom is -0.341 e. The van der Waals surface area contributed by atoms with Gasteiger partial charge in [0.15, 0.2) is 5.82 Å². The van der Waals surface area contributed by atoms with E-state index in [0.29, 0.717) is 11.8 Å². The molecule has 7 heteroatoms. The average Bonchev–Trinajstić information content (AvgIpc) is 2.83. The van der Waals surface area contributed by atoms with Gasteiger partial charge < -0.3 is 15.2 Å². The lowest BCUT2D eigenvalue weighted by Crippen LogP contribution is -2.55. The highest BCUT2D eigenvalue weighted by Crippen LogP contribution is 2.23. The van der Waals surface area contributed by atoms with E-state index >= 15 is 0 Å². The Balaban J connectivity index is 0.00000242. The monoisotopic (exact) mass is 330 g/mol. The summed E-state index contributed by atoms with van der Waals surface area (Å²) in [6.07, 6.45) is 4.49. The molecule has 6 nitrogen and oxygen atoms in total. The third kappa shape index (κ3) is 4.68. The van der Waals surface area contributed by atoms with Crippen LogP contribution in [0.1, 0.15) is 51.2 Å². The quantitative estimate of drug-likeness (QED) is 0.893. The Bertz CT molecular complexity index is 490. The van der Waals surface area contributed by atoms with Crippen molar-refractivity contribution in [1.29, 1.82) is 0 Å². The first-order valence-electron chi connectivity index (χ1n) is 7.80. The Morgan fingerprint density at radius 1 is 1.55 bits per heavy atom. The summed E-state index contributed by atoms with van der Waals surface area (Å²) in [5, 5.41) is 3.94. The van der Waals surface area contributed by atoms with Crippen molar-refractivity contribution < 1.29 is 9.32 Å². The highest BCUT2D eigenvalue weighted by Gasteiger charge is 2.34. The Labute approximate surface area is 138 Å². The fourth-order valence-corrected chi connectivity index (χ4v) is 3.09. The predicted octanol–water partition coefficient (Wildman–Crippen LogP) is 2.10. The van der Waals surface area contributed by atoms with Gasteiger partial charge in [-0.2, -0.15) is 4.98 Å². The van der Waals surface area contributed by atoms with Crippen molar-refractivity contribution in [2.24, 2.45) is 11.7 Å². The van der Waals surface area contributed by atoms with Gasteiger partial charge in [-0.15, -0.1) is 12.4 Å². The van der Waals surface area contributed by atoms with Crippen LogP contribution in [0.25, 0.3) is 0 Å². The lowest BCUT2D eigenvalue weighted by atomic mass is 9.90. The zero-order valence-electron chi connectivity index (χ0n) is 13.7. The SMILES string of the molecule is CCCC(C)(N)C(=O)N1CCCC(Cc2noc(C)n2)C1.Cl. The van der Waals surface area contributed by atoms with Crippen LogP contribution in [0.3, 0.4) is 0 Å². The van der Waals surface area contributed by atoms with E-state index in [9.17, 15) is 4.79 Å². The molecule has 2 heterocycles. The summed E-state index contributed by atoms with van der Waals surface area (Å²) in [4.78, 5) is 18.7. The van der Waals surface area contributed by atoms with Crippen LogP contribution in [0.5, 0.6) is 0 Å². The molecule has 2 atom stereocenters. The molecule has 2 rings (SSSR count). The fourth-order valence-electron chi connectivity index (χ4n) is 3.09. The molecule has 0 radical (unpaired) electrons. The molecule has 126 valence electrons. The third-order valence-electron chi connectivity index (χ3n) is 4.10. The highest BCUT2D eigenvalue weighted by molar-refractivity contribution is 5.86. The van der Waals surface area contributed by atoms with Crippen LogP contribution in [0, 0.1) is 12.8 Å². The van der Waals surface area contributed by atoms with Crippen molar-refractivity contribution in [2.45, 2.75) is 58.4 Å². The van der Waals surface area contributed by atoms with Crippen molar-refractivity contribution >= 4 is 18.3 Å². The van der Waals surface area contributed by atoms with Gasteiger partial charge in [-0.25, -0.2) is 0 Å². The minimum absolute atomic E-state index is 0. The molecule has 0 bridgehead atoms. The number of nitrogens with two attached hydrogens (primary N) is 1. The molecule has 2 unspecified atom stereocenters. The first kappa shape index (κ1) is 18.9. The molecule has 1 saturated heterocycles. The smallest absolute Gasteiger partial charge is 0.242 e. The second kappa shape index (κ2) is 7.92. The van der Waals surface area contributed by atoms with Crippen LogP contribution >= 0.6 is 12.4 Å². The molecule has 1 aromatic rings. The number of piperidine rings is 1. The average molecular weight is 331 g/mol. The first-order valence-corrected chi connectivity index (χ1v) is 7.80. The second-order valence-corrected chi connectivity index (χ2v) is 6.36. The van der Waals surface area contributed by atoms with Gasteiger partial charge in [0.2, 0.25) is 11.8 Å². The fraction of sp³-hybridized carbons (Fsp3) is 0.800. The van der Waals surface area contributed by atoms with E-state index in [-0.39, 0.29) is 18.3 Å². The molecule has 0 aliphatic carbocycles. The van der Waals surface area contributed by atoms with Gasteiger partial charge in [0.05, 0.1) is 5.54 Å². The van der Waals surface area contributed by atoms with Gasteiger partial charge in [-0.1, -0.05) is 18.5 Å². The molecule has 1 amide bonds. The van der Waals surface area contributed by atoms with Crippen molar-refractivity contribution in [3.05, 3.63) is 11.7 Å². The molecule has 1 aliphatic heterocycles. The molecule has 0 saturated carbocycles. The summed E-state index contributed by atoms with van der Waals surface area (Å²) >= 11 is 0. The molecular formula is C15H27ClN4O2. The number of aromatic nitrogens is 2. The number of carbonyl (C=O) groups is 1. The van der Waals surface area contributed by atoms with Crippen LogP contribution in [0.2, 0.25) is 0 Å². The van der Waals surface area contributed by atoms with Crippen LogP contribution < -0.4 is 5.73 Å². The molecule has 1 aromatic heterocycles. The first-order chi connectivity index (χ1) is 9.92. The molecule has 1 aliphatic rings. The molecule has 1 fully saturated rings. The topological polar surface area (TPSA) is 85.3 Å². The summed E-state index contributed by atoms with van der Waals surface area (Å²) < 4.78 is 5.00. The van der Waals surface area contributed by atoms with E-state index in [2.05, 4.69) is 17.1 Å². The maximum atomic E-state index is 12.6.